The summed E-state index contributed by atoms with van der Waals surface area (Å²) in [7, 11) is 0. The Morgan fingerprint density at radius 3 is 2.84 bits per heavy atom. The van der Waals surface area contributed by atoms with Crippen molar-refractivity contribution in [2.45, 2.75) is 18.6 Å². The maximum Gasteiger partial charge on any atom is 0.0873 e. The molecule has 0 aromatic heterocycles. The topological polar surface area (TPSA) is 9.23 Å². The Bertz CT molecular complexity index is 618. The molecule has 0 N–H and O–H groups in total. The number of rotatable bonds is 1. The van der Waals surface area contributed by atoms with Gasteiger partial charge in [0.05, 0.1) is 17.6 Å². The van der Waals surface area contributed by atoms with Gasteiger partial charge in [0.2, 0.25) is 0 Å². The highest BCUT2D eigenvalue weighted by atomic mass is 16.5. The van der Waals surface area contributed by atoms with Gasteiger partial charge in [0.15, 0.2) is 0 Å². The second kappa shape index (κ2) is 3.84. The SMILES string of the molecule is C=C=C1CC(c2ccccc2)OC2C3C=CC=CC132. The Kier molecular flexibility index (Phi) is 2.23. The average molecular weight is 248 g/mol. The van der Waals surface area contributed by atoms with E-state index < -0.39 is 0 Å². The van der Waals surface area contributed by atoms with Crippen molar-refractivity contribution in [1.82, 2.24) is 0 Å². The molecule has 0 amide bonds. The van der Waals surface area contributed by atoms with Crippen LogP contribution in [-0.4, -0.2) is 6.10 Å². The number of allylic oxidation sites excluding steroid dienone is 2. The van der Waals surface area contributed by atoms with Crippen LogP contribution >= 0.6 is 0 Å². The molecule has 0 radical (unpaired) electrons. The largest absolute Gasteiger partial charge is 0.368 e. The number of ether oxygens (including phenoxy) is 1. The molecule has 1 spiro atoms. The molecule has 1 saturated heterocycles. The van der Waals surface area contributed by atoms with E-state index in [1.54, 1.807) is 0 Å². The molecular weight excluding hydrogens is 232 g/mol. The fraction of sp³-hybridized carbons (Fsp3) is 0.278. The summed E-state index contributed by atoms with van der Waals surface area (Å²) in [4.78, 5) is 0. The molecule has 1 heteroatoms. The summed E-state index contributed by atoms with van der Waals surface area (Å²) in [5.74, 6) is 0.482. The minimum atomic E-state index is 0.0712. The molecule has 94 valence electrons. The number of benzene rings is 1. The summed E-state index contributed by atoms with van der Waals surface area (Å²) < 4.78 is 6.33. The monoisotopic (exact) mass is 248 g/mol. The molecule has 4 atom stereocenters. The Hall–Kier alpha value is -1.82. The second-order valence-corrected chi connectivity index (χ2v) is 5.52. The molecule has 1 aliphatic heterocycles. The molecule has 2 fully saturated rings. The van der Waals surface area contributed by atoms with Crippen molar-refractivity contribution in [2.24, 2.45) is 11.3 Å². The molecule has 0 bridgehead atoms. The van der Waals surface area contributed by atoms with Gasteiger partial charge in [0.25, 0.3) is 0 Å². The molecule has 4 rings (SSSR count). The zero-order chi connectivity index (χ0) is 12.9. The van der Waals surface area contributed by atoms with Crippen molar-refractivity contribution in [1.29, 1.82) is 0 Å². The summed E-state index contributed by atoms with van der Waals surface area (Å²) in [5.41, 5.74) is 5.82. The van der Waals surface area contributed by atoms with Crippen LogP contribution < -0.4 is 0 Å². The Morgan fingerprint density at radius 2 is 2.05 bits per heavy atom. The summed E-state index contributed by atoms with van der Waals surface area (Å²) in [6, 6.07) is 10.5. The van der Waals surface area contributed by atoms with Crippen LogP contribution in [0, 0.1) is 11.3 Å². The lowest BCUT2D eigenvalue weighted by Gasteiger charge is -2.29. The van der Waals surface area contributed by atoms with E-state index in [2.05, 4.69) is 60.9 Å². The zero-order valence-electron chi connectivity index (χ0n) is 10.8. The predicted octanol–water partition coefficient (Wildman–Crippen LogP) is 3.97. The smallest absolute Gasteiger partial charge is 0.0873 e. The standard InChI is InChI=1S/C18H16O/c1-2-14-12-16(13-8-4-3-5-9-13)19-17-15-10-6-7-11-18(14,15)17/h3-11,15-17H,1,12H2. The van der Waals surface area contributed by atoms with Crippen molar-refractivity contribution in [3.63, 3.8) is 0 Å². The first kappa shape index (κ1) is 11.0. The minimum Gasteiger partial charge on any atom is -0.368 e. The Labute approximate surface area is 113 Å². The van der Waals surface area contributed by atoms with Crippen LogP contribution in [0.15, 0.2) is 72.5 Å². The maximum absolute atomic E-state index is 6.33. The van der Waals surface area contributed by atoms with Crippen LogP contribution in [0.3, 0.4) is 0 Å². The van der Waals surface area contributed by atoms with Gasteiger partial charge < -0.3 is 4.74 Å². The molecule has 1 nitrogen and oxygen atoms in total. The second-order valence-electron chi connectivity index (χ2n) is 5.52. The molecule has 19 heavy (non-hydrogen) atoms. The normalized spacial score (nSPS) is 38.3. The fourth-order valence-corrected chi connectivity index (χ4v) is 3.61. The van der Waals surface area contributed by atoms with Gasteiger partial charge in [-0.2, -0.15) is 0 Å². The molecule has 1 aromatic rings. The van der Waals surface area contributed by atoms with E-state index in [9.17, 15) is 0 Å². The van der Waals surface area contributed by atoms with Gasteiger partial charge in [-0.15, -0.1) is 5.73 Å². The van der Waals surface area contributed by atoms with Crippen molar-refractivity contribution >= 4 is 0 Å². The highest BCUT2D eigenvalue weighted by Gasteiger charge is 2.68. The van der Waals surface area contributed by atoms with Gasteiger partial charge in [-0.05, 0) is 11.1 Å². The number of hydrogen-bond donors (Lipinski definition) is 0. The van der Waals surface area contributed by atoms with Gasteiger partial charge in [0.1, 0.15) is 0 Å². The summed E-state index contributed by atoms with van der Waals surface area (Å²) in [5, 5.41) is 0. The maximum atomic E-state index is 6.33. The van der Waals surface area contributed by atoms with E-state index in [0.29, 0.717) is 5.92 Å². The van der Waals surface area contributed by atoms with Crippen LogP contribution in [0.4, 0.5) is 0 Å². The number of hydrogen-bond acceptors (Lipinski definition) is 1. The van der Waals surface area contributed by atoms with E-state index in [1.807, 2.05) is 6.07 Å². The van der Waals surface area contributed by atoms with E-state index in [4.69, 9.17) is 4.74 Å². The van der Waals surface area contributed by atoms with Gasteiger partial charge in [-0.1, -0.05) is 61.2 Å². The Morgan fingerprint density at radius 1 is 1.21 bits per heavy atom. The quantitative estimate of drug-likeness (QED) is 0.683. The van der Waals surface area contributed by atoms with Crippen LogP contribution in [0.2, 0.25) is 0 Å². The van der Waals surface area contributed by atoms with Crippen molar-refractivity contribution in [2.75, 3.05) is 0 Å². The van der Waals surface area contributed by atoms with E-state index in [1.165, 1.54) is 11.1 Å². The summed E-state index contributed by atoms with van der Waals surface area (Å²) in [6.45, 7) is 3.90. The van der Waals surface area contributed by atoms with E-state index >= 15 is 0 Å². The van der Waals surface area contributed by atoms with Crippen LogP contribution in [0.1, 0.15) is 18.1 Å². The minimum absolute atomic E-state index is 0.0712. The third kappa shape index (κ3) is 1.40. The van der Waals surface area contributed by atoms with Gasteiger partial charge >= 0.3 is 0 Å². The van der Waals surface area contributed by atoms with Gasteiger partial charge in [0, 0.05) is 12.3 Å². The zero-order valence-corrected chi connectivity index (χ0v) is 10.8. The molecular formula is C18H16O. The molecule has 4 unspecified atom stereocenters. The van der Waals surface area contributed by atoms with E-state index in [0.717, 1.165) is 6.42 Å². The van der Waals surface area contributed by atoms with Crippen molar-refractivity contribution in [3.8, 4) is 0 Å². The highest BCUT2D eigenvalue weighted by molar-refractivity contribution is 5.47. The summed E-state index contributed by atoms with van der Waals surface area (Å²) >= 11 is 0. The first-order valence-corrected chi connectivity index (χ1v) is 6.82. The van der Waals surface area contributed by atoms with Crippen molar-refractivity contribution < 1.29 is 4.74 Å². The highest BCUT2D eigenvalue weighted by Crippen LogP contribution is 2.67. The lowest BCUT2D eigenvalue weighted by molar-refractivity contribution is 0.00572. The third-order valence-corrected chi connectivity index (χ3v) is 4.65. The predicted molar refractivity (Wildman–Crippen MR) is 75.5 cm³/mol. The summed E-state index contributed by atoms with van der Waals surface area (Å²) in [6.07, 6.45) is 10.1. The molecule has 1 heterocycles. The van der Waals surface area contributed by atoms with Crippen LogP contribution in [0.5, 0.6) is 0 Å². The lowest BCUT2D eigenvalue weighted by atomic mass is 9.84. The van der Waals surface area contributed by atoms with Crippen LogP contribution in [-0.2, 0) is 4.74 Å². The molecule has 1 aromatic carbocycles. The van der Waals surface area contributed by atoms with Crippen molar-refractivity contribution in [3.05, 3.63) is 78.1 Å². The molecule has 2 aliphatic carbocycles. The molecule has 3 aliphatic rings. The Balaban J connectivity index is 1.71. The average Bonchev–Trinajstić information content (AvgIpc) is 3.16. The first-order chi connectivity index (χ1) is 9.36. The number of fused-ring (bicyclic) bond motifs is 1. The first-order valence-electron chi connectivity index (χ1n) is 6.82. The van der Waals surface area contributed by atoms with Gasteiger partial charge in [-0.25, -0.2) is 0 Å². The van der Waals surface area contributed by atoms with E-state index in [-0.39, 0.29) is 17.6 Å². The fourth-order valence-electron chi connectivity index (χ4n) is 3.61. The lowest BCUT2D eigenvalue weighted by Crippen LogP contribution is -2.21. The third-order valence-electron chi connectivity index (χ3n) is 4.65. The molecule has 1 saturated carbocycles. The van der Waals surface area contributed by atoms with Crippen LogP contribution in [0.25, 0.3) is 0 Å². The van der Waals surface area contributed by atoms with Gasteiger partial charge in [-0.3, -0.25) is 0 Å².